The molecule has 0 aliphatic heterocycles. The number of para-hydroxylation sites is 1. The standard InChI is InChI=1S/C22H22INO2/c23-20-11-6-10-18(13-20)21(25)15-24-14-19-9-4-5-12-22(19)26-16-17-7-2-1-3-8-17/h1-13,21,24-25H,14-16H2. The Morgan fingerprint density at radius 2 is 1.69 bits per heavy atom. The van der Waals surface area contributed by atoms with E-state index in [4.69, 9.17) is 4.74 Å². The van der Waals surface area contributed by atoms with Gasteiger partial charge in [-0.2, -0.15) is 0 Å². The number of hydrogen-bond donors (Lipinski definition) is 2. The van der Waals surface area contributed by atoms with E-state index in [9.17, 15) is 5.11 Å². The smallest absolute Gasteiger partial charge is 0.124 e. The monoisotopic (exact) mass is 459 g/mol. The molecular formula is C22H22INO2. The largest absolute Gasteiger partial charge is 0.489 e. The summed E-state index contributed by atoms with van der Waals surface area (Å²) in [5.41, 5.74) is 3.15. The molecule has 0 aromatic heterocycles. The van der Waals surface area contributed by atoms with E-state index in [0.29, 0.717) is 19.7 Å². The first-order valence-corrected chi connectivity index (χ1v) is 9.69. The van der Waals surface area contributed by atoms with Gasteiger partial charge in [-0.05, 0) is 51.9 Å². The second-order valence-corrected chi connectivity index (χ2v) is 7.33. The summed E-state index contributed by atoms with van der Waals surface area (Å²) in [6, 6.07) is 26.1. The van der Waals surface area contributed by atoms with Crippen LogP contribution in [-0.4, -0.2) is 11.7 Å². The van der Waals surface area contributed by atoms with E-state index in [1.807, 2.05) is 66.7 Å². The van der Waals surface area contributed by atoms with Crippen molar-refractivity contribution in [1.82, 2.24) is 5.32 Å². The minimum Gasteiger partial charge on any atom is -0.489 e. The van der Waals surface area contributed by atoms with E-state index in [1.165, 1.54) is 0 Å². The molecule has 0 radical (unpaired) electrons. The third-order valence-electron chi connectivity index (χ3n) is 4.10. The third-order valence-corrected chi connectivity index (χ3v) is 4.77. The van der Waals surface area contributed by atoms with Crippen molar-refractivity contribution in [2.45, 2.75) is 19.3 Å². The van der Waals surface area contributed by atoms with Gasteiger partial charge in [0.2, 0.25) is 0 Å². The summed E-state index contributed by atoms with van der Waals surface area (Å²) >= 11 is 2.26. The molecule has 134 valence electrons. The third kappa shape index (κ3) is 5.56. The molecule has 0 amide bonds. The minimum absolute atomic E-state index is 0.493. The Morgan fingerprint density at radius 3 is 2.50 bits per heavy atom. The van der Waals surface area contributed by atoms with Gasteiger partial charge in [0.1, 0.15) is 12.4 Å². The van der Waals surface area contributed by atoms with Crippen LogP contribution in [0.5, 0.6) is 5.75 Å². The van der Waals surface area contributed by atoms with E-state index >= 15 is 0 Å². The van der Waals surface area contributed by atoms with Gasteiger partial charge in [0.25, 0.3) is 0 Å². The van der Waals surface area contributed by atoms with Crippen molar-refractivity contribution < 1.29 is 9.84 Å². The molecule has 0 saturated heterocycles. The Kier molecular flexibility index (Phi) is 7.05. The van der Waals surface area contributed by atoms with Crippen LogP contribution >= 0.6 is 22.6 Å². The molecule has 0 fully saturated rings. The van der Waals surface area contributed by atoms with Gasteiger partial charge < -0.3 is 15.2 Å². The van der Waals surface area contributed by atoms with Crippen molar-refractivity contribution in [1.29, 1.82) is 0 Å². The molecule has 3 rings (SSSR count). The fraction of sp³-hybridized carbons (Fsp3) is 0.182. The summed E-state index contributed by atoms with van der Waals surface area (Å²) in [7, 11) is 0. The predicted octanol–water partition coefficient (Wildman–Crippen LogP) is 4.69. The highest BCUT2D eigenvalue weighted by molar-refractivity contribution is 14.1. The molecule has 3 nitrogen and oxygen atoms in total. The SMILES string of the molecule is OC(CNCc1ccccc1OCc1ccccc1)c1cccc(I)c1. The van der Waals surface area contributed by atoms with Crippen molar-refractivity contribution >= 4 is 22.6 Å². The lowest BCUT2D eigenvalue weighted by molar-refractivity contribution is 0.174. The summed E-state index contributed by atoms with van der Waals surface area (Å²) < 4.78 is 7.10. The Morgan fingerprint density at radius 1 is 0.923 bits per heavy atom. The highest BCUT2D eigenvalue weighted by Crippen LogP contribution is 2.20. The van der Waals surface area contributed by atoms with Gasteiger partial charge in [-0.15, -0.1) is 0 Å². The number of aliphatic hydroxyl groups excluding tert-OH is 1. The van der Waals surface area contributed by atoms with E-state index in [1.54, 1.807) is 0 Å². The molecule has 1 atom stereocenters. The molecule has 0 aliphatic carbocycles. The molecule has 1 unspecified atom stereocenters. The van der Waals surface area contributed by atoms with Crippen molar-refractivity contribution in [3.05, 3.63) is 99.1 Å². The summed E-state index contributed by atoms with van der Waals surface area (Å²) in [6.07, 6.45) is -0.526. The average molecular weight is 459 g/mol. The van der Waals surface area contributed by atoms with Crippen LogP contribution in [0.3, 0.4) is 0 Å². The minimum atomic E-state index is -0.526. The summed E-state index contributed by atoms with van der Waals surface area (Å²) in [6.45, 7) is 1.68. The van der Waals surface area contributed by atoms with Crippen molar-refractivity contribution in [2.24, 2.45) is 0 Å². The number of rotatable bonds is 8. The van der Waals surface area contributed by atoms with Crippen LogP contribution in [-0.2, 0) is 13.2 Å². The number of halogens is 1. The quantitative estimate of drug-likeness (QED) is 0.481. The number of nitrogens with one attached hydrogen (secondary N) is 1. The highest BCUT2D eigenvalue weighted by atomic mass is 127. The first-order valence-electron chi connectivity index (χ1n) is 8.61. The van der Waals surface area contributed by atoms with Crippen molar-refractivity contribution in [2.75, 3.05) is 6.54 Å². The van der Waals surface area contributed by atoms with Gasteiger partial charge in [-0.25, -0.2) is 0 Å². The van der Waals surface area contributed by atoms with Gasteiger partial charge in [0, 0.05) is 22.2 Å². The highest BCUT2D eigenvalue weighted by Gasteiger charge is 2.09. The van der Waals surface area contributed by atoms with E-state index in [-0.39, 0.29) is 0 Å². The number of aliphatic hydroxyl groups is 1. The molecule has 0 spiro atoms. The molecule has 3 aromatic carbocycles. The molecule has 4 heteroatoms. The van der Waals surface area contributed by atoms with Gasteiger partial charge in [-0.3, -0.25) is 0 Å². The van der Waals surface area contributed by atoms with Crippen LogP contribution in [0.25, 0.3) is 0 Å². The first-order chi connectivity index (χ1) is 12.7. The van der Waals surface area contributed by atoms with Crippen LogP contribution in [0.15, 0.2) is 78.9 Å². The lowest BCUT2D eigenvalue weighted by Gasteiger charge is -2.15. The molecule has 3 aromatic rings. The zero-order valence-electron chi connectivity index (χ0n) is 14.4. The maximum atomic E-state index is 10.3. The lowest BCUT2D eigenvalue weighted by Crippen LogP contribution is -2.21. The normalized spacial score (nSPS) is 11.9. The number of hydrogen-bond acceptors (Lipinski definition) is 3. The summed E-state index contributed by atoms with van der Waals surface area (Å²) in [4.78, 5) is 0. The predicted molar refractivity (Wildman–Crippen MR) is 113 cm³/mol. The van der Waals surface area contributed by atoms with E-state index < -0.39 is 6.10 Å². The number of benzene rings is 3. The van der Waals surface area contributed by atoms with Crippen LogP contribution in [0.1, 0.15) is 22.8 Å². The van der Waals surface area contributed by atoms with E-state index in [2.05, 4.69) is 40.0 Å². The Hall–Kier alpha value is -1.89. The zero-order valence-corrected chi connectivity index (χ0v) is 16.6. The molecule has 0 saturated carbocycles. The Balaban J connectivity index is 1.55. The lowest BCUT2D eigenvalue weighted by atomic mass is 10.1. The molecule has 0 heterocycles. The van der Waals surface area contributed by atoms with Gasteiger partial charge >= 0.3 is 0 Å². The maximum Gasteiger partial charge on any atom is 0.124 e. The second-order valence-electron chi connectivity index (χ2n) is 6.08. The average Bonchev–Trinajstić information content (AvgIpc) is 2.68. The molecular weight excluding hydrogens is 437 g/mol. The fourth-order valence-corrected chi connectivity index (χ4v) is 3.27. The summed E-state index contributed by atoms with van der Waals surface area (Å²) in [5, 5.41) is 13.7. The van der Waals surface area contributed by atoms with Crippen LogP contribution in [0, 0.1) is 3.57 Å². The second kappa shape index (κ2) is 9.71. The topological polar surface area (TPSA) is 41.5 Å². The summed E-state index contributed by atoms with van der Waals surface area (Å²) in [5.74, 6) is 0.868. The van der Waals surface area contributed by atoms with Crippen molar-refractivity contribution in [3.8, 4) is 5.75 Å². The fourth-order valence-electron chi connectivity index (χ4n) is 2.70. The molecule has 2 N–H and O–H groups in total. The van der Waals surface area contributed by atoms with Gasteiger partial charge in [0.15, 0.2) is 0 Å². The van der Waals surface area contributed by atoms with Crippen molar-refractivity contribution in [3.63, 3.8) is 0 Å². The first kappa shape index (κ1) is 18.9. The molecule has 0 aliphatic rings. The Bertz CT molecular complexity index is 823. The van der Waals surface area contributed by atoms with Gasteiger partial charge in [0.05, 0.1) is 6.10 Å². The van der Waals surface area contributed by atoms with Crippen LogP contribution < -0.4 is 10.1 Å². The maximum absolute atomic E-state index is 10.3. The van der Waals surface area contributed by atoms with E-state index in [0.717, 1.165) is 26.0 Å². The Labute approximate surface area is 168 Å². The van der Waals surface area contributed by atoms with Crippen LogP contribution in [0.2, 0.25) is 0 Å². The molecule has 0 bridgehead atoms. The van der Waals surface area contributed by atoms with Crippen LogP contribution in [0.4, 0.5) is 0 Å². The van der Waals surface area contributed by atoms with Gasteiger partial charge in [-0.1, -0.05) is 60.7 Å². The number of ether oxygens (including phenoxy) is 1. The zero-order chi connectivity index (χ0) is 18.2. The molecule has 26 heavy (non-hydrogen) atoms.